The van der Waals surface area contributed by atoms with Crippen molar-refractivity contribution in [2.24, 2.45) is 0 Å². The highest BCUT2D eigenvalue weighted by molar-refractivity contribution is 5.94. The molecule has 3 nitrogen and oxygen atoms in total. The third-order valence-electron chi connectivity index (χ3n) is 2.47. The molecule has 3 heteroatoms. The number of nitrogens with zero attached hydrogens (tertiary/aromatic N) is 1. The van der Waals surface area contributed by atoms with Crippen molar-refractivity contribution in [1.82, 2.24) is 5.32 Å². The number of hydrogen-bond donors (Lipinski definition) is 1. The van der Waals surface area contributed by atoms with Crippen LogP contribution in [0.5, 0.6) is 0 Å². The number of carbonyl (C=O) groups is 1. The Kier molecular flexibility index (Phi) is 4.99. The predicted molar refractivity (Wildman–Crippen MR) is 67.7 cm³/mol. The molecule has 1 amide bonds. The number of benzene rings is 1. The van der Waals surface area contributed by atoms with Crippen LogP contribution in [0.1, 0.15) is 18.9 Å². The van der Waals surface area contributed by atoms with Gasteiger partial charge in [-0.25, -0.2) is 0 Å². The first-order valence-corrected chi connectivity index (χ1v) is 5.69. The fourth-order valence-corrected chi connectivity index (χ4v) is 1.47. The molecular weight excluding hydrogens is 200 g/mol. The largest absolute Gasteiger partial charge is 0.314 e. The lowest BCUT2D eigenvalue weighted by atomic mass is 10.2. The van der Waals surface area contributed by atoms with Crippen molar-refractivity contribution >= 4 is 11.6 Å². The van der Waals surface area contributed by atoms with Gasteiger partial charge in [0, 0.05) is 12.7 Å². The van der Waals surface area contributed by atoms with Gasteiger partial charge in [-0.3, -0.25) is 4.79 Å². The number of rotatable bonds is 5. The van der Waals surface area contributed by atoms with Crippen molar-refractivity contribution in [3.63, 3.8) is 0 Å². The van der Waals surface area contributed by atoms with Crippen LogP contribution in [0.2, 0.25) is 0 Å². The van der Waals surface area contributed by atoms with E-state index in [2.05, 4.69) is 12.2 Å². The first-order chi connectivity index (χ1) is 7.65. The molecule has 1 aromatic rings. The highest BCUT2D eigenvalue weighted by atomic mass is 16.2. The third kappa shape index (κ3) is 3.66. The van der Waals surface area contributed by atoms with Gasteiger partial charge in [0.05, 0.1) is 6.54 Å². The number of nitrogens with one attached hydrogen (secondary N) is 1. The topological polar surface area (TPSA) is 32.3 Å². The molecule has 0 saturated carbocycles. The summed E-state index contributed by atoms with van der Waals surface area (Å²) in [4.78, 5) is 13.5. The Bertz CT molecular complexity index is 350. The van der Waals surface area contributed by atoms with Gasteiger partial charge in [-0.1, -0.05) is 19.1 Å². The molecule has 16 heavy (non-hydrogen) atoms. The van der Waals surface area contributed by atoms with E-state index in [9.17, 15) is 4.79 Å². The molecule has 0 aliphatic carbocycles. The molecule has 0 saturated heterocycles. The zero-order chi connectivity index (χ0) is 12.0. The average molecular weight is 220 g/mol. The Morgan fingerprint density at radius 1 is 1.44 bits per heavy atom. The highest BCUT2D eigenvalue weighted by Crippen LogP contribution is 2.13. The van der Waals surface area contributed by atoms with Crippen LogP contribution in [0.4, 0.5) is 5.69 Å². The Morgan fingerprint density at radius 2 is 2.19 bits per heavy atom. The van der Waals surface area contributed by atoms with E-state index in [-0.39, 0.29) is 5.91 Å². The van der Waals surface area contributed by atoms with E-state index in [1.54, 1.807) is 4.90 Å². The molecule has 0 heterocycles. The quantitative estimate of drug-likeness (QED) is 0.769. The molecule has 0 fully saturated rings. The summed E-state index contributed by atoms with van der Waals surface area (Å²) in [6.45, 7) is 5.39. The van der Waals surface area contributed by atoms with Crippen molar-refractivity contribution in [2.45, 2.75) is 20.3 Å². The minimum Gasteiger partial charge on any atom is -0.314 e. The maximum Gasteiger partial charge on any atom is 0.240 e. The van der Waals surface area contributed by atoms with Gasteiger partial charge < -0.3 is 10.2 Å². The zero-order valence-electron chi connectivity index (χ0n) is 10.3. The van der Waals surface area contributed by atoms with Crippen LogP contribution in [-0.4, -0.2) is 26.0 Å². The van der Waals surface area contributed by atoms with Gasteiger partial charge in [0.1, 0.15) is 0 Å². The second kappa shape index (κ2) is 6.28. The molecule has 88 valence electrons. The Hall–Kier alpha value is -1.35. The lowest BCUT2D eigenvalue weighted by molar-refractivity contribution is -0.117. The van der Waals surface area contributed by atoms with Gasteiger partial charge in [-0.15, -0.1) is 0 Å². The van der Waals surface area contributed by atoms with E-state index in [0.29, 0.717) is 6.54 Å². The van der Waals surface area contributed by atoms with Crippen LogP contribution < -0.4 is 10.2 Å². The summed E-state index contributed by atoms with van der Waals surface area (Å²) in [6, 6.07) is 7.95. The molecule has 0 aliphatic heterocycles. The first-order valence-electron chi connectivity index (χ1n) is 5.69. The standard InChI is InChI=1S/C13H20N2O/c1-4-8-14-10-13(16)15(3)12-7-5-6-11(2)9-12/h5-7,9,14H,4,8,10H2,1-3H3. The summed E-state index contributed by atoms with van der Waals surface area (Å²) in [6.07, 6.45) is 1.04. The number of anilines is 1. The van der Waals surface area contributed by atoms with Gasteiger partial charge in [0.15, 0.2) is 0 Å². The lowest BCUT2D eigenvalue weighted by Crippen LogP contribution is -2.35. The highest BCUT2D eigenvalue weighted by Gasteiger charge is 2.09. The SMILES string of the molecule is CCCNCC(=O)N(C)c1cccc(C)c1. The van der Waals surface area contributed by atoms with E-state index in [1.807, 2.05) is 38.2 Å². The van der Waals surface area contributed by atoms with Crippen LogP contribution in [0.25, 0.3) is 0 Å². The molecule has 0 bridgehead atoms. The number of hydrogen-bond acceptors (Lipinski definition) is 2. The smallest absolute Gasteiger partial charge is 0.240 e. The van der Waals surface area contributed by atoms with E-state index in [1.165, 1.54) is 5.56 Å². The predicted octanol–water partition coefficient (Wildman–Crippen LogP) is 1.96. The molecule has 1 N–H and O–H groups in total. The first kappa shape index (κ1) is 12.7. The minimum atomic E-state index is 0.0963. The van der Waals surface area contributed by atoms with E-state index < -0.39 is 0 Å². The number of amides is 1. The lowest BCUT2D eigenvalue weighted by Gasteiger charge is -2.18. The van der Waals surface area contributed by atoms with Crippen molar-refractivity contribution in [2.75, 3.05) is 25.0 Å². The molecule has 0 atom stereocenters. The maximum atomic E-state index is 11.8. The monoisotopic (exact) mass is 220 g/mol. The fraction of sp³-hybridized carbons (Fsp3) is 0.462. The molecule has 0 aliphatic rings. The molecular formula is C13H20N2O. The zero-order valence-corrected chi connectivity index (χ0v) is 10.3. The van der Waals surface area contributed by atoms with Crippen LogP contribution in [-0.2, 0) is 4.79 Å². The Labute approximate surface area is 97.5 Å². The van der Waals surface area contributed by atoms with E-state index in [0.717, 1.165) is 18.7 Å². The van der Waals surface area contributed by atoms with Crippen LogP contribution in [0.3, 0.4) is 0 Å². The minimum absolute atomic E-state index is 0.0963. The van der Waals surface area contributed by atoms with E-state index >= 15 is 0 Å². The molecule has 0 unspecified atom stereocenters. The van der Waals surface area contributed by atoms with Gasteiger partial charge in [0.25, 0.3) is 0 Å². The maximum absolute atomic E-state index is 11.8. The van der Waals surface area contributed by atoms with Crippen molar-refractivity contribution in [3.05, 3.63) is 29.8 Å². The molecule has 0 spiro atoms. The van der Waals surface area contributed by atoms with Gasteiger partial charge >= 0.3 is 0 Å². The molecule has 0 radical (unpaired) electrons. The van der Waals surface area contributed by atoms with E-state index in [4.69, 9.17) is 0 Å². The summed E-state index contributed by atoms with van der Waals surface area (Å²) in [7, 11) is 1.81. The van der Waals surface area contributed by atoms with Crippen molar-refractivity contribution in [3.8, 4) is 0 Å². The number of aryl methyl sites for hydroxylation is 1. The Morgan fingerprint density at radius 3 is 2.81 bits per heavy atom. The summed E-state index contributed by atoms with van der Waals surface area (Å²) in [5.41, 5.74) is 2.11. The van der Waals surface area contributed by atoms with Crippen LogP contribution in [0, 0.1) is 6.92 Å². The normalized spacial score (nSPS) is 10.2. The van der Waals surface area contributed by atoms with Crippen molar-refractivity contribution < 1.29 is 4.79 Å². The van der Waals surface area contributed by atoms with Crippen molar-refractivity contribution in [1.29, 1.82) is 0 Å². The molecule has 1 aromatic carbocycles. The summed E-state index contributed by atoms with van der Waals surface area (Å²) in [5, 5.41) is 3.11. The second-order valence-corrected chi connectivity index (χ2v) is 3.97. The third-order valence-corrected chi connectivity index (χ3v) is 2.47. The Balaban J connectivity index is 2.56. The molecule has 1 rings (SSSR count). The van der Waals surface area contributed by atoms with Crippen LogP contribution in [0.15, 0.2) is 24.3 Å². The second-order valence-electron chi connectivity index (χ2n) is 3.97. The molecule has 0 aromatic heterocycles. The summed E-state index contributed by atoms with van der Waals surface area (Å²) in [5.74, 6) is 0.0963. The fourth-order valence-electron chi connectivity index (χ4n) is 1.47. The van der Waals surface area contributed by atoms with Gasteiger partial charge in [0.2, 0.25) is 5.91 Å². The number of carbonyl (C=O) groups excluding carboxylic acids is 1. The van der Waals surface area contributed by atoms with Crippen LogP contribution >= 0.6 is 0 Å². The summed E-state index contributed by atoms with van der Waals surface area (Å²) < 4.78 is 0. The summed E-state index contributed by atoms with van der Waals surface area (Å²) >= 11 is 0. The van der Waals surface area contributed by atoms with Gasteiger partial charge in [-0.2, -0.15) is 0 Å². The van der Waals surface area contributed by atoms with Gasteiger partial charge in [-0.05, 0) is 37.6 Å². The number of likely N-dealkylation sites (N-methyl/N-ethyl adjacent to an activating group) is 1. The average Bonchev–Trinajstić information content (AvgIpc) is 2.28.